The van der Waals surface area contributed by atoms with Gasteiger partial charge in [-0.3, -0.25) is 9.20 Å². The highest BCUT2D eigenvalue weighted by Gasteiger charge is 2.34. The molecule has 0 N–H and O–H groups in total. The minimum Gasteiger partial charge on any atom is -0.269 e. The normalized spacial score (nSPS) is 12.1. The number of aryl methyl sites for hydroxylation is 1. The van der Waals surface area contributed by atoms with Crippen LogP contribution in [0, 0.1) is 6.92 Å². The quantitative estimate of drug-likeness (QED) is 0.416. The van der Waals surface area contributed by atoms with Crippen LogP contribution in [0.3, 0.4) is 0 Å². The van der Waals surface area contributed by atoms with E-state index in [2.05, 4.69) is 15.1 Å². The Morgan fingerprint density at radius 2 is 2.00 bits per heavy atom. The van der Waals surface area contributed by atoms with Gasteiger partial charge in [0.2, 0.25) is 0 Å². The Hall–Kier alpha value is -2.43. The van der Waals surface area contributed by atoms with Crippen molar-refractivity contribution in [3.63, 3.8) is 0 Å². The third-order valence-electron chi connectivity index (χ3n) is 4.09. The summed E-state index contributed by atoms with van der Waals surface area (Å²) in [6, 6.07) is 5.41. The fraction of sp³-hybridized carbons (Fsp3) is 0.176. The van der Waals surface area contributed by atoms with Crippen molar-refractivity contribution in [3.05, 3.63) is 67.4 Å². The van der Waals surface area contributed by atoms with E-state index in [4.69, 9.17) is 23.2 Å². The van der Waals surface area contributed by atoms with Crippen molar-refractivity contribution in [2.45, 2.75) is 19.6 Å². The summed E-state index contributed by atoms with van der Waals surface area (Å²) >= 11 is 13.3. The van der Waals surface area contributed by atoms with Gasteiger partial charge in [-0.05, 0) is 19.1 Å². The van der Waals surface area contributed by atoms with E-state index in [1.165, 1.54) is 28.0 Å². The summed E-state index contributed by atoms with van der Waals surface area (Å²) in [5.41, 5.74) is -0.119. The molecule has 0 saturated carbocycles. The highest BCUT2D eigenvalue weighted by molar-refractivity contribution is 7.17. The molecule has 0 fully saturated rings. The van der Waals surface area contributed by atoms with Gasteiger partial charge in [-0.2, -0.15) is 18.3 Å². The molecule has 0 radical (unpaired) electrons. The molecule has 4 aromatic heterocycles. The molecular weight excluding hydrogens is 450 g/mol. The second kappa shape index (κ2) is 7.12. The minimum atomic E-state index is -4.62. The van der Waals surface area contributed by atoms with Crippen LogP contribution < -0.4 is 5.56 Å². The van der Waals surface area contributed by atoms with E-state index < -0.39 is 17.4 Å². The molecule has 4 rings (SSSR count). The van der Waals surface area contributed by atoms with Crippen LogP contribution in [0.2, 0.25) is 10.3 Å². The third-order valence-corrected chi connectivity index (χ3v) is 5.65. The summed E-state index contributed by atoms with van der Waals surface area (Å²) in [5, 5.41) is 3.50. The molecule has 0 spiro atoms. The van der Waals surface area contributed by atoms with Crippen LogP contribution in [-0.2, 0) is 12.7 Å². The molecule has 12 heteroatoms. The van der Waals surface area contributed by atoms with E-state index in [0.29, 0.717) is 16.2 Å². The van der Waals surface area contributed by atoms with E-state index in [1.807, 2.05) is 6.92 Å². The van der Waals surface area contributed by atoms with Crippen LogP contribution in [-0.4, -0.2) is 24.1 Å². The standard InChI is InChI=1S/C17H10Cl2F3N5OS/c1-8-14(10-3-2-4-23-15(10)19)27-13(28)5-9(24-16(27)29-8)7-26-12(18)6-11(25-26)17(20,21)22/h2-6H,7H2,1H3. The van der Waals surface area contributed by atoms with Crippen molar-refractivity contribution in [2.75, 3.05) is 0 Å². The average Bonchev–Trinajstić information content (AvgIpc) is 3.15. The second-order valence-electron chi connectivity index (χ2n) is 6.06. The zero-order chi connectivity index (χ0) is 20.9. The van der Waals surface area contributed by atoms with Crippen molar-refractivity contribution >= 4 is 39.5 Å². The molecular formula is C17H10Cl2F3N5OS. The summed E-state index contributed by atoms with van der Waals surface area (Å²) in [7, 11) is 0. The lowest BCUT2D eigenvalue weighted by molar-refractivity contribution is -0.141. The number of rotatable bonds is 3. The molecule has 0 unspecified atom stereocenters. The van der Waals surface area contributed by atoms with Crippen LogP contribution in [0.4, 0.5) is 13.2 Å². The summed E-state index contributed by atoms with van der Waals surface area (Å²) in [6.45, 7) is 1.64. The predicted molar refractivity (Wildman–Crippen MR) is 104 cm³/mol. The fourth-order valence-electron chi connectivity index (χ4n) is 2.87. The number of pyridine rings is 1. The molecule has 0 bridgehead atoms. The molecule has 0 amide bonds. The highest BCUT2D eigenvalue weighted by atomic mass is 35.5. The Labute approximate surface area is 175 Å². The maximum absolute atomic E-state index is 12.8. The summed E-state index contributed by atoms with van der Waals surface area (Å²) < 4.78 is 40.8. The van der Waals surface area contributed by atoms with Gasteiger partial charge in [-0.1, -0.05) is 23.2 Å². The summed E-state index contributed by atoms with van der Waals surface area (Å²) in [6.07, 6.45) is -3.08. The number of hydrogen-bond donors (Lipinski definition) is 0. The summed E-state index contributed by atoms with van der Waals surface area (Å²) in [4.78, 5) is 22.4. The Morgan fingerprint density at radius 3 is 2.66 bits per heavy atom. The van der Waals surface area contributed by atoms with Crippen molar-refractivity contribution in [1.29, 1.82) is 0 Å². The lowest BCUT2D eigenvalue weighted by Crippen LogP contribution is -2.17. The van der Waals surface area contributed by atoms with Crippen LogP contribution in [0.5, 0.6) is 0 Å². The van der Waals surface area contributed by atoms with Gasteiger partial charge in [0.05, 0.1) is 17.9 Å². The van der Waals surface area contributed by atoms with Crippen LogP contribution in [0.25, 0.3) is 16.2 Å². The molecule has 150 valence electrons. The molecule has 4 aromatic rings. The second-order valence-corrected chi connectivity index (χ2v) is 7.99. The molecule has 0 atom stereocenters. The predicted octanol–water partition coefficient (Wildman–Crippen LogP) is 4.70. The van der Waals surface area contributed by atoms with E-state index in [1.54, 1.807) is 12.1 Å². The molecule has 0 aromatic carbocycles. The van der Waals surface area contributed by atoms with Crippen LogP contribution >= 0.6 is 34.5 Å². The molecule has 0 saturated heterocycles. The number of nitrogens with zero attached hydrogens (tertiary/aromatic N) is 5. The first-order valence-electron chi connectivity index (χ1n) is 8.08. The topological polar surface area (TPSA) is 65.1 Å². The minimum absolute atomic E-state index is 0.180. The first-order valence-corrected chi connectivity index (χ1v) is 9.66. The van der Waals surface area contributed by atoms with Gasteiger partial charge < -0.3 is 0 Å². The van der Waals surface area contributed by atoms with Crippen molar-refractivity contribution in [2.24, 2.45) is 0 Å². The molecule has 6 nitrogen and oxygen atoms in total. The van der Waals surface area contributed by atoms with Crippen molar-refractivity contribution < 1.29 is 13.2 Å². The lowest BCUT2D eigenvalue weighted by Gasteiger charge is -2.06. The van der Waals surface area contributed by atoms with Crippen molar-refractivity contribution in [1.82, 2.24) is 24.1 Å². The maximum atomic E-state index is 12.8. The van der Waals surface area contributed by atoms with E-state index in [9.17, 15) is 18.0 Å². The number of fused-ring (bicyclic) bond motifs is 1. The molecule has 29 heavy (non-hydrogen) atoms. The van der Waals surface area contributed by atoms with E-state index >= 15 is 0 Å². The van der Waals surface area contributed by atoms with Gasteiger partial charge in [0.15, 0.2) is 10.7 Å². The van der Waals surface area contributed by atoms with Crippen molar-refractivity contribution in [3.8, 4) is 11.3 Å². The van der Waals surface area contributed by atoms with Crippen LogP contribution in [0.1, 0.15) is 16.3 Å². The summed E-state index contributed by atoms with van der Waals surface area (Å²) in [5.74, 6) is 0. The fourth-order valence-corrected chi connectivity index (χ4v) is 4.29. The Kier molecular flexibility index (Phi) is 4.88. The number of halogens is 5. The van der Waals surface area contributed by atoms with Gasteiger partial charge in [0.25, 0.3) is 5.56 Å². The Bertz CT molecular complexity index is 1290. The monoisotopic (exact) mass is 459 g/mol. The largest absolute Gasteiger partial charge is 0.435 e. The molecule has 0 aliphatic rings. The molecule has 0 aliphatic carbocycles. The number of hydrogen-bond acceptors (Lipinski definition) is 5. The molecule has 4 heterocycles. The van der Waals surface area contributed by atoms with Gasteiger partial charge in [0, 0.05) is 28.8 Å². The number of thiazole rings is 1. The first kappa shape index (κ1) is 19.9. The highest BCUT2D eigenvalue weighted by Crippen LogP contribution is 2.33. The third kappa shape index (κ3) is 3.63. The van der Waals surface area contributed by atoms with Gasteiger partial charge >= 0.3 is 6.18 Å². The smallest absolute Gasteiger partial charge is 0.269 e. The van der Waals surface area contributed by atoms with Gasteiger partial charge in [0.1, 0.15) is 10.3 Å². The average molecular weight is 460 g/mol. The zero-order valence-electron chi connectivity index (χ0n) is 14.5. The van der Waals surface area contributed by atoms with Crippen LogP contribution in [0.15, 0.2) is 35.3 Å². The SMILES string of the molecule is Cc1sc2nc(Cn3nc(C(F)(F)F)cc3Cl)cc(=O)n2c1-c1cccnc1Cl. The van der Waals surface area contributed by atoms with E-state index in [-0.39, 0.29) is 22.5 Å². The molecule has 0 aliphatic heterocycles. The first-order chi connectivity index (χ1) is 13.6. The Balaban J connectivity index is 1.80. The van der Waals surface area contributed by atoms with Gasteiger partial charge in [-0.25, -0.2) is 14.6 Å². The number of aromatic nitrogens is 5. The zero-order valence-corrected chi connectivity index (χ0v) is 16.9. The van der Waals surface area contributed by atoms with Gasteiger partial charge in [-0.15, -0.1) is 11.3 Å². The Morgan fingerprint density at radius 1 is 1.24 bits per heavy atom. The maximum Gasteiger partial charge on any atom is 0.435 e. The van der Waals surface area contributed by atoms with E-state index in [0.717, 1.165) is 15.6 Å². The lowest BCUT2D eigenvalue weighted by atomic mass is 10.2. The number of alkyl halides is 3.